The molecule has 5 heteroatoms. The Bertz CT molecular complexity index is 338. The quantitative estimate of drug-likeness (QED) is 0.806. The minimum absolute atomic E-state index is 0.287. The minimum Gasteiger partial charge on any atom is -0.393 e. The monoisotopic (exact) mass is 277 g/mol. The number of sulfonamides is 1. The summed E-state index contributed by atoms with van der Waals surface area (Å²) in [5, 5.41) is 10.2. The Morgan fingerprint density at radius 3 is 2.44 bits per heavy atom. The van der Waals surface area contributed by atoms with Crippen molar-refractivity contribution in [2.45, 2.75) is 52.1 Å². The summed E-state index contributed by atoms with van der Waals surface area (Å²) in [6, 6.07) is 0. The first kappa shape index (κ1) is 15.9. The lowest BCUT2D eigenvalue weighted by atomic mass is 9.86. The number of piperidine rings is 1. The van der Waals surface area contributed by atoms with Gasteiger partial charge in [0, 0.05) is 13.1 Å². The Morgan fingerprint density at radius 1 is 1.33 bits per heavy atom. The van der Waals surface area contributed by atoms with Crippen molar-refractivity contribution < 1.29 is 13.5 Å². The van der Waals surface area contributed by atoms with E-state index in [9.17, 15) is 13.5 Å². The van der Waals surface area contributed by atoms with Gasteiger partial charge in [0.05, 0.1) is 12.4 Å². The van der Waals surface area contributed by atoms with Crippen LogP contribution in [0, 0.1) is 11.8 Å². The molecule has 1 fully saturated rings. The molecule has 1 rings (SSSR count). The van der Waals surface area contributed by atoms with Crippen LogP contribution in [0.25, 0.3) is 0 Å². The Balaban J connectivity index is 2.52. The molecule has 1 saturated heterocycles. The lowest BCUT2D eigenvalue weighted by Crippen LogP contribution is -2.40. The molecule has 0 bridgehead atoms. The van der Waals surface area contributed by atoms with Gasteiger partial charge >= 0.3 is 0 Å². The zero-order chi connectivity index (χ0) is 13.8. The third kappa shape index (κ3) is 4.52. The summed E-state index contributed by atoms with van der Waals surface area (Å²) in [5.74, 6) is 0.655. The van der Waals surface area contributed by atoms with Gasteiger partial charge in [0.15, 0.2) is 0 Å². The molecule has 1 aliphatic rings. The highest BCUT2D eigenvalue weighted by Gasteiger charge is 2.28. The summed E-state index contributed by atoms with van der Waals surface area (Å²) >= 11 is 0. The SMILES string of the molecule is CCC(CC)C(O)CC1CCCN(S(C)(=O)=O)C1. The number of hydrogen-bond donors (Lipinski definition) is 1. The Hall–Kier alpha value is -0.130. The van der Waals surface area contributed by atoms with Gasteiger partial charge in [0.25, 0.3) is 0 Å². The molecule has 0 saturated carbocycles. The van der Waals surface area contributed by atoms with Crippen LogP contribution in [0.1, 0.15) is 46.0 Å². The van der Waals surface area contributed by atoms with Gasteiger partial charge in [-0.15, -0.1) is 0 Å². The number of aliphatic hydroxyl groups is 1. The molecule has 0 spiro atoms. The summed E-state index contributed by atoms with van der Waals surface area (Å²) < 4.78 is 24.6. The highest BCUT2D eigenvalue weighted by Crippen LogP contribution is 2.26. The first-order chi connectivity index (χ1) is 8.38. The molecule has 1 heterocycles. The molecule has 2 unspecified atom stereocenters. The van der Waals surface area contributed by atoms with E-state index < -0.39 is 10.0 Å². The highest BCUT2D eigenvalue weighted by atomic mass is 32.2. The summed E-state index contributed by atoms with van der Waals surface area (Å²) in [6.07, 6.45) is 5.63. The van der Waals surface area contributed by atoms with E-state index in [0.717, 1.165) is 32.1 Å². The molecule has 0 amide bonds. The molecule has 18 heavy (non-hydrogen) atoms. The van der Waals surface area contributed by atoms with Gasteiger partial charge in [0.2, 0.25) is 10.0 Å². The molecule has 4 nitrogen and oxygen atoms in total. The summed E-state index contributed by atoms with van der Waals surface area (Å²) in [4.78, 5) is 0. The van der Waals surface area contributed by atoms with Crippen molar-refractivity contribution in [1.29, 1.82) is 0 Å². The van der Waals surface area contributed by atoms with Crippen molar-refractivity contribution in [1.82, 2.24) is 4.31 Å². The smallest absolute Gasteiger partial charge is 0.211 e. The molecule has 108 valence electrons. The summed E-state index contributed by atoms with van der Waals surface area (Å²) in [5.41, 5.74) is 0. The maximum absolute atomic E-state index is 11.5. The van der Waals surface area contributed by atoms with E-state index in [1.54, 1.807) is 4.31 Å². The van der Waals surface area contributed by atoms with Gasteiger partial charge in [-0.3, -0.25) is 0 Å². The molecular weight excluding hydrogens is 250 g/mol. The summed E-state index contributed by atoms with van der Waals surface area (Å²) in [7, 11) is -3.07. The van der Waals surface area contributed by atoms with Crippen molar-refractivity contribution in [3.8, 4) is 0 Å². The first-order valence-electron chi connectivity index (χ1n) is 7.01. The van der Waals surface area contributed by atoms with Crippen LogP contribution in [-0.2, 0) is 10.0 Å². The molecule has 0 aromatic rings. The molecular formula is C13H27NO3S. The van der Waals surface area contributed by atoms with Crippen LogP contribution in [0.4, 0.5) is 0 Å². The fraction of sp³-hybridized carbons (Fsp3) is 1.00. The van der Waals surface area contributed by atoms with E-state index in [2.05, 4.69) is 13.8 Å². The van der Waals surface area contributed by atoms with E-state index in [1.807, 2.05) is 0 Å². The predicted molar refractivity (Wildman–Crippen MR) is 73.8 cm³/mol. The molecule has 0 aromatic heterocycles. The zero-order valence-electron chi connectivity index (χ0n) is 11.8. The van der Waals surface area contributed by atoms with Crippen molar-refractivity contribution in [3.63, 3.8) is 0 Å². The third-order valence-electron chi connectivity index (χ3n) is 4.12. The Morgan fingerprint density at radius 2 is 1.94 bits per heavy atom. The van der Waals surface area contributed by atoms with Crippen LogP contribution < -0.4 is 0 Å². The lowest BCUT2D eigenvalue weighted by molar-refractivity contribution is 0.0664. The fourth-order valence-corrected chi connectivity index (χ4v) is 3.83. The average Bonchev–Trinajstić information content (AvgIpc) is 2.29. The van der Waals surface area contributed by atoms with Gasteiger partial charge in [-0.1, -0.05) is 26.7 Å². The van der Waals surface area contributed by atoms with Crippen LogP contribution in [0.5, 0.6) is 0 Å². The van der Waals surface area contributed by atoms with Crippen molar-refractivity contribution in [2.75, 3.05) is 19.3 Å². The van der Waals surface area contributed by atoms with Crippen LogP contribution in [0.15, 0.2) is 0 Å². The maximum atomic E-state index is 11.5. The predicted octanol–water partition coefficient (Wildman–Crippen LogP) is 1.85. The van der Waals surface area contributed by atoms with Crippen LogP contribution in [0.3, 0.4) is 0 Å². The van der Waals surface area contributed by atoms with Gasteiger partial charge in [-0.2, -0.15) is 0 Å². The molecule has 0 aliphatic carbocycles. The van der Waals surface area contributed by atoms with E-state index in [1.165, 1.54) is 6.26 Å². The fourth-order valence-electron chi connectivity index (χ4n) is 2.89. The summed E-state index contributed by atoms with van der Waals surface area (Å²) in [6.45, 7) is 5.41. The van der Waals surface area contributed by atoms with Crippen molar-refractivity contribution in [3.05, 3.63) is 0 Å². The van der Waals surface area contributed by atoms with Crippen LogP contribution in [0.2, 0.25) is 0 Å². The van der Waals surface area contributed by atoms with Gasteiger partial charge < -0.3 is 5.11 Å². The highest BCUT2D eigenvalue weighted by molar-refractivity contribution is 7.88. The van der Waals surface area contributed by atoms with Gasteiger partial charge in [-0.05, 0) is 31.1 Å². The molecule has 0 radical (unpaired) electrons. The van der Waals surface area contributed by atoms with Crippen molar-refractivity contribution in [2.24, 2.45) is 11.8 Å². The van der Waals surface area contributed by atoms with Gasteiger partial charge in [-0.25, -0.2) is 12.7 Å². The topological polar surface area (TPSA) is 57.6 Å². The lowest BCUT2D eigenvalue weighted by Gasteiger charge is -2.33. The minimum atomic E-state index is -3.07. The second-order valence-electron chi connectivity index (χ2n) is 5.51. The van der Waals surface area contributed by atoms with E-state index in [0.29, 0.717) is 24.9 Å². The van der Waals surface area contributed by atoms with E-state index in [-0.39, 0.29) is 6.10 Å². The maximum Gasteiger partial charge on any atom is 0.211 e. The van der Waals surface area contributed by atoms with Crippen LogP contribution in [-0.4, -0.2) is 43.3 Å². The zero-order valence-corrected chi connectivity index (χ0v) is 12.6. The average molecular weight is 277 g/mol. The Labute approximate surface area is 111 Å². The molecule has 1 N–H and O–H groups in total. The number of aliphatic hydroxyl groups excluding tert-OH is 1. The number of rotatable bonds is 6. The third-order valence-corrected chi connectivity index (χ3v) is 5.39. The van der Waals surface area contributed by atoms with Gasteiger partial charge in [0.1, 0.15) is 0 Å². The number of nitrogens with zero attached hydrogens (tertiary/aromatic N) is 1. The number of hydrogen-bond acceptors (Lipinski definition) is 3. The van der Waals surface area contributed by atoms with Crippen LogP contribution >= 0.6 is 0 Å². The Kier molecular flexibility index (Phi) is 6.08. The second-order valence-corrected chi connectivity index (χ2v) is 7.49. The van der Waals surface area contributed by atoms with E-state index in [4.69, 9.17) is 0 Å². The standard InChI is InChI=1S/C13H27NO3S/c1-4-12(5-2)13(15)9-11-7-6-8-14(10-11)18(3,16)17/h11-13,15H,4-10H2,1-3H3. The molecule has 1 aliphatic heterocycles. The van der Waals surface area contributed by atoms with E-state index >= 15 is 0 Å². The van der Waals surface area contributed by atoms with Crippen molar-refractivity contribution >= 4 is 10.0 Å². The normalized spacial score (nSPS) is 24.4. The molecule has 2 atom stereocenters. The molecule has 0 aromatic carbocycles. The first-order valence-corrected chi connectivity index (χ1v) is 8.86. The second kappa shape index (κ2) is 6.87. The largest absolute Gasteiger partial charge is 0.393 e.